The van der Waals surface area contributed by atoms with Crippen LogP contribution >= 0.6 is 0 Å². The van der Waals surface area contributed by atoms with Crippen molar-refractivity contribution >= 4 is 20.9 Å². The molecule has 1 saturated carbocycles. The van der Waals surface area contributed by atoms with Gasteiger partial charge in [0.2, 0.25) is 16.4 Å². The lowest BCUT2D eigenvalue weighted by Gasteiger charge is -2.30. The van der Waals surface area contributed by atoms with Crippen molar-refractivity contribution < 1.29 is 30.4 Å². The molecule has 6 nitrogen and oxygen atoms in total. The molecule has 0 spiro atoms. The molecular formula is C23H21F5N4O2S. The van der Waals surface area contributed by atoms with E-state index in [1.165, 1.54) is 6.07 Å². The molecule has 12 heteroatoms. The molecule has 1 atom stereocenters. The van der Waals surface area contributed by atoms with E-state index in [0.717, 1.165) is 31.5 Å². The van der Waals surface area contributed by atoms with Crippen molar-refractivity contribution in [3.8, 4) is 17.5 Å². The van der Waals surface area contributed by atoms with Gasteiger partial charge in [0.15, 0.2) is 0 Å². The van der Waals surface area contributed by atoms with Gasteiger partial charge >= 0.3 is 6.18 Å². The number of sulfonamides is 1. The normalized spacial score (nSPS) is 15.8. The molecule has 1 aromatic carbocycles. The number of halogens is 5. The van der Waals surface area contributed by atoms with Gasteiger partial charge in [-0.2, -0.15) is 23.2 Å². The van der Waals surface area contributed by atoms with Crippen LogP contribution in [-0.4, -0.2) is 36.6 Å². The van der Waals surface area contributed by atoms with E-state index in [1.54, 1.807) is 22.9 Å². The summed E-state index contributed by atoms with van der Waals surface area (Å²) in [5.74, 6) is 0. The third-order valence-electron chi connectivity index (χ3n) is 6.12. The third-order valence-corrected chi connectivity index (χ3v) is 7.65. The van der Waals surface area contributed by atoms with Crippen LogP contribution in [-0.2, 0) is 16.4 Å². The summed E-state index contributed by atoms with van der Waals surface area (Å²) in [5.41, 5.74) is 1.94. The lowest BCUT2D eigenvalue weighted by molar-refractivity contribution is -0.147. The first-order chi connectivity index (χ1) is 16.4. The molecule has 1 N–H and O–H groups in total. The number of nitriles is 1. The molecule has 2 heterocycles. The van der Waals surface area contributed by atoms with Crippen LogP contribution in [0.5, 0.6) is 0 Å². The van der Waals surface area contributed by atoms with Gasteiger partial charge in [-0.05, 0) is 56.0 Å². The highest BCUT2D eigenvalue weighted by Gasteiger charge is 2.39. The van der Waals surface area contributed by atoms with E-state index in [9.17, 15) is 35.6 Å². The van der Waals surface area contributed by atoms with Crippen molar-refractivity contribution in [2.24, 2.45) is 0 Å². The minimum atomic E-state index is -4.75. The first kappa shape index (κ1) is 25.1. The number of aromatic nitrogens is 2. The van der Waals surface area contributed by atoms with Crippen LogP contribution in [0.15, 0.2) is 41.4 Å². The maximum Gasteiger partial charge on any atom is 0.404 e. The Labute approximate surface area is 198 Å². The Morgan fingerprint density at radius 2 is 1.94 bits per heavy atom. The molecule has 0 bridgehead atoms. The first-order valence-electron chi connectivity index (χ1n) is 10.8. The van der Waals surface area contributed by atoms with Crippen LogP contribution in [0.25, 0.3) is 22.3 Å². The van der Waals surface area contributed by atoms with Crippen LogP contribution in [0, 0.1) is 11.3 Å². The Morgan fingerprint density at radius 1 is 1.23 bits per heavy atom. The third kappa shape index (κ3) is 4.88. The number of nitrogens with one attached hydrogen (secondary N) is 1. The zero-order valence-electron chi connectivity index (χ0n) is 18.5. The maximum absolute atomic E-state index is 12.9. The zero-order valence-corrected chi connectivity index (χ0v) is 19.3. The number of hydrogen-bond acceptors (Lipinski definition) is 4. The lowest BCUT2D eigenvalue weighted by atomic mass is 9.92. The van der Waals surface area contributed by atoms with Gasteiger partial charge < -0.3 is 4.57 Å². The molecule has 35 heavy (non-hydrogen) atoms. The fourth-order valence-electron chi connectivity index (χ4n) is 4.10. The van der Waals surface area contributed by atoms with Crippen LogP contribution in [0.4, 0.5) is 22.0 Å². The fraction of sp³-hybridized carbons (Fsp3) is 0.391. The number of hydrogen-bond donors (Lipinski definition) is 1. The summed E-state index contributed by atoms with van der Waals surface area (Å²) in [6.45, 7) is 0.692. The molecule has 0 amide bonds. The van der Waals surface area contributed by atoms with Crippen molar-refractivity contribution in [2.45, 2.75) is 62.2 Å². The Morgan fingerprint density at radius 3 is 2.46 bits per heavy atom. The van der Waals surface area contributed by atoms with Crippen molar-refractivity contribution in [1.82, 2.24) is 14.3 Å². The van der Waals surface area contributed by atoms with Crippen molar-refractivity contribution in [3.63, 3.8) is 0 Å². The number of nitrogens with zero attached hydrogens (tertiary/aromatic N) is 3. The van der Waals surface area contributed by atoms with Crippen molar-refractivity contribution in [1.29, 1.82) is 5.26 Å². The van der Waals surface area contributed by atoms with Gasteiger partial charge in [-0.25, -0.2) is 17.2 Å². The smallest absolute Gasteiger partial charge is 0.335 e. The van der Waals surface area contributed by atoms with E-state index in [0.29, 0.717) is 29.1 Å². The maximum atomic E-state index is 12.9. The van der Waals surface area contributed by atoms with E-state index >= 15 is 0 Å². The van der Waals surface area contributed by atoms with Crippen LogP contribution in [0.1, 0.15) is 43.4 Å². The van der Waals surface area contributed by atoms with Gasteiger partial charge in [0, 0.05) is 24.0 Å². The minimum absolute atomic E-state index is 0.0510. The van der Waals surface area contributed by atoms with Gasteiger partial charge in [0.1, 0.15) is 17.0 Å². The van der Waals surface area contributed by atoms with Gasteiger partial charge in [-0.3, -0.25) is 4.98 Å². The first-order valence-corrected chi connectivity index (χ1v) is 12.3. The summed E-state index contributed by atoms with van der Waals surface area (Å²) >= 11 is 0. The van der Waals surface area contributed by atoms with E-state index < -0.39 is 40.0 Å². The predicted molar refractivity (Wildman–Crippen MR) is 118 cm³/mol. The molecule has 186 valence electrons. The molecule has 1 aliphatic carbocycles. The number of rotatable bonds is 7. The average Bonchev–Trinajstić information content (AvgIpc) is 3.04. The average molecular weight is 513 g/mol. The second-order valence-electron chi connectivity index (χ2n) is 8.50. The molecule has 0 aliphatic heterocycles. The highest BCUT2D eigenvalue weighted by Crippen LogP contribution is 2.42. The molecule has 2 aromatic heterocycles. The molecule has 0 unspecified atom stereocenters. The van der Waals surface area contributed by atoms with Crippen molar-refractivity contribution in [3.05, 3.63) is 47.7 Å². The van der Waals surface area contributed by atoms with Gasteiger partial charge in [-0.15, -0.1) is 0 Å². The fourth-order valence-corrected chi connectivity index (χ4v) is 5.28. The van der Waals surface area contributed by atoms with Crippen LogP contribution in [0.2, 0.25) is 0 Å². The van der Waals surface area contributed by atoms with Crippen LogP contribution < -0.4 is 4.72 Å². The highest BCUT2D eigenvalue weighted by molar-refractivity contribution is 7.89. The second kappa shape index (κ2) is 9.20. The molecule has 1 fully saturated rings. The largest absolute Gasteiger partial charge is 0.404 e. The molecule has 0 saturated heterocycles. The molecule has 4 rings (SSSR count). The Bertz CT molecular complexity index is 1390. The summed E-state index contributed by atoms with van der Waals surface area (Å²) in [6, 6.07) is 7.18. The summed E-state index contributed by atoms with van der Waals surface area (Å²) in [6.07, 6.45) is -4.17. The standard InChI is InChI=1S/C23H21F5N4O2S/c1-13(23(26,27)28)31-35(33,34)16-6-7-19(30-12-16)22-18(11-29)17-9-14(10-21(24)25)5-8-20(17)32(22)15-3-2-4-15/h5-9,12-13,15,21,31H,2-4,10H2,1H3/t13-/m0/s1. The summed E-state index contributed by atoms with van der Waals surface area (Å²) in [4.78, 5) is 3.71. The van der Waals surface area contributed by atoms with E-state index in [2.05, 4.69) is 11.1 Å². The summed E-state index contributed by atoms with van der Waals surface area (Å²) in [7, 11) is -4.49. The Balaban J connectivity index is 1.80. The topological polar surface area (TPSA) is 87.8 Å². The van der Waals surface area contributed by atoms with Crippen LogP contribution in [0.3, 0.4) is 0 Å². The number of pyridine rings is 1. The number of benzene rings is 1. The second-order valence-corrected chi connectivity index (χ2v) is 10.2. The lowest BCUT2D eigenvalue weighted by Crippen LogP contribution is -2.42. The van der Waals surface area contributed by atoms with Gasteiger partial charge in [0.05, 0.1) is 22.5 Å². The monoisotopic (exact) mass is 512 g/mol. The minimum Gasteiger partial charge on any atom is -0.335 e. The zero-order chi connectivity index (χ0) is 25.5. The Kier molecular flexibility index (Phi) is 6.59. The highest BCUT2D eigenvalue weighted by atomic mass is 32.2. The van der Waals surface area contributed by atoms with E-state index in [4.69, 9.17) is 0 Å². The van der Waals surface area contributed by atoms with Gasteiger partial charge in [-0.1, -0.05) is 6.07 Å². The number of alkyl halides is 5. The SMILES string of the molecule is C[C@H](NS(=O)(=O)c1ccc(-c2c(C#N)c3cc(CC(F)F)ccc3n2C2CCC2)nc1)C(F)(F)F. The summed E-state index contributed by atoms with van der Waals surface area (Å²) in [5, 5.41) is 10.4. The predicted octanol–water partition coefficient (Wildman–Crippen LogP) is 5.34. The molecule has 1 aliphatic rings. The molecular weight excluding hydrogens is 491 g/mol. The Hall–Kier alpha value is -3.04. The summed E-state index contributed by atoms with van der Waals surface area (Å²) < 4.78 is 92.5. The van der Waals surface area contributed by atoms with Crippen molar-refractivity contribution in [2.75, 3.05) is 0 Å². The van der Waals surface area contributed by atoms with E-state index in [1.807, 2.05) is 4.57 Å². The number of fused-ring (bicyclic) bond motifs is 1. The quantitative estimate of drug-likeness (QED) is 0.433. The van der Waals surface area contributed by atoms with E-state index in [-0.39, 0.29) is 17.3 Å². The van der Waals surface area contributed by atoms with Gasteiger partial charge in [0.25, 0.3) is 0 Å². The molecule has 0 radical (unpaired) electrons. The molecule has 3 aromatic rings.